The average molecular weight is 516 g/mol. The maximum Gasteiger partial charge on any atom is 0.343 e. The lowest BCUT2D eigenvalue weighted by Gasteiger charge is -2.08. The molecule has 0 spiro atoms. The largest absolute Gasteiger partial charge is 0.494 e. The molecular weight excluding hydrogens is 470 g/mol. The van der Waals surface area contributed by atoms with Crippen LogP contribution >= 0.6 is 0 Å². The van der Waals surface area contributed by atoms with E-state index < -0.39 is 0 Å². The molecule has 204 valence electrons. The number of hydrogen-bond donors (Lipinski definition) is 0. The Hall–Kier alpha value is -3.14. The van der Waals surface area contributed by atoms with E-state index in [1.54, 1.807) is 12.3 Å². The van der Waals surface area contributed by atoms with Crippen LogP contribution in [0.3, 0.4) is 0 Å². The van der Waals surface area contributed by atoms with Crippen LogP contribution in [0, 0.1) is 0 Å². The van der Waals surface area contributed by atoms with Crippen LogP contribution in [0.25, 0.3) is 11.3 Å². The van der Waals surface area contributed by atoms with E-state index >= 15 is 0 Å². The van der Waals surface area contributed by atoms with Gasteiger partial charge in [-0.05, 0) is 73.4 Å². The highest BCUT2D eigenvalue weighted by Crippen LogP contribution is 2.23. The van der Waals surface area contributed by atoms with Gasteiger partial charge in [0, 0.05) is 5.56 Å². The van der Waals surface area contributed by atoms with Gasteiger partial charge in [0.1, 0.15) is 11.5 Å². The predicted molar refractivity (Wildman–Crippen MR) is 157 cm³/mol. The first-order valence-corrected chi connectivity index (χ1v) is 14.7. The molecule has 1 heterocycles. The molecule has 0 atom stereocenters. The number of aromatic nitrogens is 1. The minimum atomic E-state index is -0.362. The number of hydrogen-bond acceptors (Lipinski definition) is 4. The molecule has 0 aliphatic carbocycles. The maximum atomic E-state index is 12.6. The maximum absolute atomic E-state index is 12.6. The molecule has 0 saturated heterocycles. The second-order valence-electron chi connectivity index (χ2n) is 10.1. The molecule has 0 bridgehead atoms. The molecule has 0 unspecified atom stereocenters. The van der Waals surface area contributed by atoms with Gasteiger partial charge in [0.05, 0.1) is 24.1 Å². The van der Waals surface area contributed by atoms with Crippen molar-refractivity contribution in [3.8, 4) is 22.8 Å². The fraction of sp³-hybridized carbons (Fsp3) is 0.471. The van der Waals surface area contributed by atoms with Crippen molar-refractivity contribution in [3.63, 3.8) is 0 Å². The lowest BCUT2D eigenvalue weighted by molar-refractivity contribution is 0.0734. The zero-order valence-corrected chi connectivity index (χ0v) is 23.4. The molecule has 2 aromatic carbocycles. The Morgan fingerprint density at radius 3 is 1.89 bits per heavy atom. The Kier molecular flexibility index (Phi) is 13.5. The third-order valence-electron chi connectivity index (χ3n) is 6.87. The summed E-state index contributed by atoms with van der Waals surface area (Å²) in [4.78, 5) is 17.1. The zero-order chi connectivity index (χ0) is 26.8. The van der Waals surface area contributed by atoms with Gasteiger partial charge in [-0.15, -0.1) is 0 Å². The summed E-state index contributed by atoms with van der Waals surface area (Å²) in [5.74, 6) is 0.951. The fourth-order valence-corrected chi connectivity index (χ4v) is 4.49. The van der Waals surface area contributed by atoms with Crippen molar-refractivity contribution < 1.29 is 14.3 Å². The van der Waals surface area contributed by atoms with Crippen LogP contribution in [0.2, 0.25) is 0 Å². The standard InChI is InChI=1S/C34H45NO3/c1-3-5-7-9-10-11-12-13-15-28-16-18-30(19-17-28)34(36)38-32-24-25-33(35-27-32)29-20-22-31(23-21-29)37-26-14-8-6-4-2/h16-25,27H,3-15,26H2,1-2H3. The number of carbonyl (C=O) groups excluding carboxylic acids is 1. The van der Waals surface area contributed by atoms with Crippen molar-refractivity contribution in [2.24, 2.45) is 0 Å². The number of esters is 1. The van der Waals surface area contributed by atoms with E-state index in [1.807, 2.05) is 54.6 Å². The van der Waals surface area contributed by atoms with Crippen molar-refractivity contribution in [2.45, 2.75) is 97.3 Å². The lowest BCUT2D eigenvalue weighted by Crippen LogP contribution is -2.08. The van der Waals surface area contributed by atoms with Crippen molar-refractivity contribution >= 4 is 5.97 Å². The van der Waals surface area contributed by atoms with Gasteiger partial charge >= 0.3 is 5.97 Å². The lowest BCUT2D eigenvalue weighted by atomic mass is 10.0. The van der Waals surface area contributed by atoms with E-state index in [0.29, 0.717) is 11.3 Å². The number of benzene rings is 2. The number of pyridine rings is 1. The van der Waals surface area contributed by atoms with Crippen LogP contribution in [-0.4, -0.2) is 17.6 Å². The highest BCUT2D eigenvalue weighted by atomic mass is 16.5. The summed E-state index contributed by atoms with van der Waals surface area (Å²) >= 11 is 0. The average Bonchev–Trinajstić information content (AvgIpc) is 2.95. The molecule has 0 radical (unpaired) electrons. The summed E-state index contributed by atoms with van der Waals surface area (Å²) in [7, 11) is 0. The number of rotatable bonds is 18. The molecule has 0 saturated carbocycles. The summed E-state index contributed by atoms with van der Waals surface area (Å²) in [5.41, 5.74) is 3.64. The van der Waals surface area contributed by atoms with Crippen molar-refractivity contribution in [1.82, 2.24) is 4.98 Å². The summed E-state index contributed by atoms with van der Waals surface area (Å²) in [6.07, 6.45) is 18.0. The molecule has 0 aliphatic heterocycles. The number of nitrogens with zero attached hydrogens (tertiary/aromatic N) is 1. The van der Waals surface area contributed by atoms with Crippen LogP contribution in [0.15, 0.2) is 66.9 Å². The van der Waals surface area contributed by atoms with Crippen molar-refractivity contribution in [3.05, 3.63) is 78.0 Å². The molecule has 1 aromatic heterocycles. The van der Waals surface area contributed by atoms with Gasteiger partial charge in [0.2, 0.25) is 0 Å². The van der Waals surface area contributed by atoms with Gasteiger partial charge in [-0.3, -0.25) is 4.98 Å². The van der Waals surface area contributed by atoms with E-state index in [1.165, 1.54) is 76.2 Å². The Bertz CT molecular complexity index is 1040. The highest BCUT2D eigenvalue weighted by Gasteiger charge is 2.10. The molecule has 0 N–H and O–H groups in total. The normalized spacial score (nSPS) is 10.9. The Morgan fingerprint density at radius 1 is 0.658 bits per heavy atom. The van der Waals surface area contributed by atoms with Crippen molar-refractivity contribution in [2.75, 3.05) is 6.61 Å². The second kappa shape index (κ2) is 17.4. The van der Waals surface area contributed by atoms with E-state index in [0.717, 1.165) is 36.5 Å². The first kappa shape index (κ1) is 29.4. The molecule has 0 aliphatic rings. The van der Waals surface area contributed by atoms with E-state index in [-0.39, 0.29) is 5.97 Å². The number of ether oxygens (including phenoxy) is 2. The van der Waals surface area contributed by atoms with Crippen LogP contribution < -0.4 is 9.47 Å². The Balaban J connectivity index is 1.40. The van der Waals surface area contributed by atoms with Crippen molar-refractivity contribution in [1.29, 1.82) is 0 Å². The van der Waals surface area contributed by atoms with Crippen LogP contribution in [0.5, 0.6) is 11.5 Å². The van der Waals surface area contributed by atoms with E-state index in [9.17, 15) is 4.79 Å². The zero-order valence-electron chi connectivity index (χ0n) is 23.4. The molecule has 4 nitrogen and oxygen atoms in total. The third-order valence-corrected chi connectivity index (χ3v) is 6.87. The molecule has 3 rings (SSSR count). The minimum absolute atomic E-state index is 0.362. The fourth-order valence-electron chi connectivity index (χ4n) is 4.49. The Labute approximate surface area is 229 Å². The predicted octanol–water partition coefficient (Wildman–Crippen LogP) is 9.61. The molecule has 3 aromatic rings. The monoisotopic (exact) mass is 515 g/mol. The third kappa shape index (κ3) is 10.7. The van der Waals surface area contributed by atoms with Gasteiger partial charge < -0.3 is 9.47 Å². The van der Waals surface area contributed by atoms with Gasteiger partial charge in [0.25, 0.3) is 0 Å². The molecule has 38 heavy (non-hydrogen) atoms. The summed E-state index contributed by atoms with van der Waals surface area (Å²) in [5, 5.41) is 0. The van der Waals surface area contributed by atoms with Gasteiger partial charge in [-0.25, -0.2) is 4.79 Å². The molecule has 0 amide bonds. The summed E-state index contributed by atoms with van der Waals surface area (Å²) < 4.78 is 11.4. The topological polar surface area (TPSA) is 48.4 Å². The van der Waals surface area contributed by atoms with Gasteiger partial charge in [0.15, 0.2) is 0 Å². The SMILES string of the molecule is CCCCCCCCCCc1ccc(C(=O)Oc2ccc(-c3ccc(OCCCCCC)cc3)nc2)cc1. The van der Waals surface area contributed by atoms with Gasteiger partial charge in [-0.2, -0.15) is 0 Å². The quantitative estimate of drug-likeness (QED) is 0.125. The number of carbonyl (C=O) groups is 1. The number of unbranched alkanes of at least 4 members (excludes halogenated alkanes) is 10. The Morgan fingerprint density at radius 2 is 1.26 bits per heavy atom. The van der Waals surface area contributed by atoms with Crippen LogP contribution in [0.4, 0.5) is 0 Å². The van der Waals surface area contributed by atoms with Crippen LogP contribution in [0.1, 0.15) is 107 Å². The first-order valence-electron chi connectivity index (χ1n) is 14.7. The molecular formula is C34H45NO3. The van der Waals surface area contributed by atoms with E-state index in [2.05, 4.69) is 18.8 Å². The molecule has 4 heteroatoms. The second-order valence-corrected chi connectivity index (χ2v) is 10.1. The smallest absolute Gasteiger partial charge is 0.343 e. The van der Waals surface area contributed by atoms with E-state index in [4.69, 9.17) is 9.47 Å². The highest BCUT2D eigenvalue weighted by molar-refractivity contribution is 5.91. The summed E-state index contributed by atoms with van der Waals surface area (Å²) in [6.45, 7) is 5.22. The minimum Gasteiger partial charge on any atom is -0.494 e. The summed E-state index contributed by atoms with van der Waals surface area (Å²) in [6, 6.07) is 19.4. The number of aryl methyl sites for hydroxylation is 1. The van der Waals surface area contributed by atoms with Gasteiger partial charge in [-0.1, -0.05) is 90.2 Å². The first-order chi connectivity index (χ1) is 18.7. The molecule has 0 fully saturated rings. The van der Waals surface area contributed by atoms with Crippen LogP contribution in [-0.2, 0) is 6.42 Å².